The summed E-state index contributed by atoms with van der Waals surface area (Å²) in [6, 6.07) is 6.22. The summed E-state index contributed by atoms with van der Waals surface area (Å²) in [7, 11) is 0. The van der Waals surface area contributed by atoms with Crippen molar-refractivity contribution in [3.05, 3.63) is 29.7 Å². The van der Waals surface area contributed by atoms with Gasteiger partial charge in [0.1, 0.15) is 5.52 Å². The smallest absolute Gasteiger partial charge is 0.198 e. The number of nitrogens with zero attached hydrogens (tertiary/aromatic N) is 1. The Balaban J connectivity index is 1.94. The quantitative estimate of drug-likeness (QED) is 0.881. The normalized spacial score (nSPS) is 17.9. The molecule has 3 heteroatoms. The second kappa shape index (κ2) is 3.57. The van der Waals surface area contributed by atoms with Gasteiger partial charge in [-0.15, -0.1) is 0 Å². The van der Waals surface area contributed by atoms with Crippen LogP contribution < -0.4 is 5.73 Å². The van der Waals surface area contributed by atoms with Crippen LogP contribution in [0.3, 0.4) is 0 Å². The Bertz CT molecular complexity index is 552. The lowest BCUT2D eigenvalue weighted by Gasteiger charge is -2.07. The van der Waals surface area contributed by atoms with E-state index in [1.165, 1.54) is 5.56 Å². The average Bonchev–Trinajstić information content (AvgIpc) is 2.84. The SMILES string of the molecule is CC(C)c1nc2cc(CC3(N)CC3)ccc2o1. The van der Waals surface area contributed by atoms with Crippen LogP contribution in [0.5, 0.6) is 0 Å². The van der Waals surface area contributed by atoms with E-state index in [2.05, 4.69) is 31.0 Å². The van der Waals surface area contributed by atoms with Crippen LogP contribution in [0.2, 0.25) is 0 Å². The molecule has 90 valence electrons. The van der Waals surface area contributed by atoms with Gasteiger partial charge in [-0.05, 0) is 37.0 Å². The highest BCUT2D eigenvalue weighted by Gasteiger charge is 2.37. The van der Waals surface area contributed by atoms with E-state index in [-0.39, 0.29) is 5.54 Å². The van der Waals surface area contributed by atoms with Gasteiger partial charge in [-0.2, -0.15) is 0 Å². The zero-order chi connectivity index (χ0) is 12.0. The number of fused-ring (bicyclic) bond motifs is 1. The van der Waals surface area contributed by atoms with E-state index in [4.69, 9.17) is 10.2 Å². The molecule has 0 atom stereocenters. The zero-order valence-electron chi connectivity index (χ0n) is 10.4. The lowest BCUT2D eigenvalue weighted by molar-refractivity contribution is 0.501. The molecule has 0 bridgehead atoms. The van der Waals surface area contributed by atoms with E-state index >= 15 is 0 Å². The second-order valence-corrected chi connectivity index (χ2v) is 5.55. The molecule has 0 amide bonds. The number of nitrogens with two attached hydrogens (primary N) is 1. The van der Waals surface area contributed by atoms with Crippen molar-refractivity contribution in [2.24, 2.45) is 5.73 Å². The van der Waals surface area contributed by atoms with Gasteiger partial charge in [0.15, 0.2) is 11.5 Å². The topological polar surface area (TPSA) is 52.0 Å². The summed E-state index contributed by atoms with van der Waals surface area (Å²) < 4.78 is 5.69. The molecule has 1 aliphatic rings. The van der Waals surface area contributed by atoms with Gasteiger partial charge in [0.2, 0.25) is 0 Å². The summed E-state index contributed by atoms with van der Waals surface area (Å²) in [4.78, 5) is 4.52. The minimum absolute atomic E-state index is 0.0539. The van der Waals surface area contributed by atoms with Crippen LogP contribution in [0.4, 0.5) is 0 Å². The lowest BCUT2D eigenvalue weighted by Crippen LogP contribution is -2.24. The van der Waals surface area contributed by atoms with Crippen LogP contribution in [0.15, 0.2) is 22.6 Å². The summed E-state index contributed by atoms with van der Waals surface area (Å²) in [5.74, 6) is 1.14. The summed E-state index contributed by atoms with van der Waals surface area (Å²) in [6.45, 7) is 4.18. The Labute approximate surface area is 101 Å². The van der Waals surface area contributed by atoms with Gasteiger partial charge in [-0.3, -0.25) is 0 Å². The van der Waals surface area contributed by atoms with Crippen LogP contribution in [0.1, 0.15) is 44.1 Å². The van der Waals surface area contributed by atoms with Crippen molar-refractivity contribution in [1.29, 1.82) is 0 Å². The van der Waals surface area contributed by atoms with Crippen LogP contribution in [-0.2, 0) is 6.42 Å². The fraction of sp³-hybridized carbons (Fsp3) is 0.500. The van der Waals surface area contributed by atoms with Crippen LogP contribution >= 0.6 is 0 Å². The summed E-state index contributed by atoms with van der Waals surface area (Å²) in [6.07, 6.45) is 3.23. The first-order valence-corrected chi connectivity index (χ1v) is 6.24. The van der Waals surface area contributed by atoms with Gasteiger partial charge in [0, 0.05) is 11.5 Å². The highest BCUT2D eigenvalue weighted by atomic mass is 16.3. The molecular weight excluding hydrogens is 212 g/mol. The molecule has 1 heterocycles. The van der Waals surface area contributed by atoms with Crippen LogP contribution in [-0.4, -0.2) is 10.5 Å². The Morgan fingerprint density at radius 2 is 2.18 bits per heavy atom. The number of hydrogen-bond donors (Lipinski definition) is 1. The van der Waals surface area contributed by atoms with E-state index in [0.717, 1.165) is 36.3 Å². The lowest BCUT2D eigenvalue weighted by atomic mass is 10.0. The Kier molecular flexibility index (Phi) is 2.26. The molecule has 1 fully saturated rings. The molecule has 1 aliphatic carbocycles. The molecule has 2 N–H and O–H groups in total. The molecular formula is C14H18N2O. The Morgan fingerprint density at radius 3 is 2.82 bits per heavy atom. The maximum Gasteiger partial charge on any atom is 0.198 e. The maximum atomic E-state index is 6.13. The number of rotatable bonds is 3. The van der Waals surface area contributed by atoms with Gasteiger partial charge < -0.3 is 10.2 Å². The minimum atomic E-state index is 0.0539. The van der Waals surface area contributed by atoms with Gasteiger partial charge in [0.05, 0.1) is 0 Å². The van der Waals surface area contributed by atoms with Crippen LogP contribution in [0.25, 0.3) is 11.1 Å². The molecule has 0 aliphatic heterocycles. The van der Waals surface area contributed by atoms with E-state index in [1.807, 2.05) is 6.07 Å². The predicted octanol–water partition coefficient (Wildman–Crippen LogP) is 2.99. The first kappa shape index (κ1) is 10.8. The van der Waals surface area contributed by atoms with Crippen molar-refractivity contribution in [2.75, 3.05) is 0 Å². The average molecular weight is 230 g/mol. The third-order valence-electron chi connectivity index (χ3n) is 3.41. The second-order valence-electron chi connectivity index (χ2n) is 5.55. The number of oxazole rings is 1. The van der Waals surface area contributed by atoms with Crippen LogP contribution in [0, 0.1) is 0 Å². The van der Waals surface area contributed by atoms with Gasteiger partial charge in [-0.1, -0.05) is 19.9 Å². The van der Waals surface area contributed by atoms with Crippen molar-refractivity contribution < 1.29 is 4.42 Å². The molecule has 0 spiro atoms. The van der Waals surface area contributed by atoms with Gasteiger partial charge in [0.25, 0.3) is 0 Å². The number of aromatic nitrogens is 1. The third kappa shape index (κ3) is 2.07. The molecule has 1 saturated carbocycles. The largest absolute Gasteiger partial charge is 0.440 e. The van der Waals surface area contributed by atoms with E-state index in [9.17, 15) is 0 Å². The molecule has 1 aromatic heterocycles. The third-order valence-corrected chi connectivity index (χ3v) is 3.41. The van der Waals surface area contributed by atoms with Crippen molar-refractivity contribution in [3.8, 4) is 0 Å². The molecule has 3 nitrogen and oxygen atoms in total. The first-order valence-electron chi connectivity index (χ1n) is 6.24. The monoisotopic (exact) mass is 230 g/mol. The standard InChI is InChI=1S/C14H18N2O/c1-9(2)13-16-11-7-10(3-4-12(11)17-13)8-14(15)5-6-14/h3-4,7,9H,5-6,8,15H2,1-2H3. The van der Waals surface area contributed by atoms with Gasteiger partial charge >= 0.3 is 0 Å². The molecule has 0 unspecified atom stereocenters. The van der Waals surface area contributed by atoms with E-state index < -0.39 is 0 Å². The van der Waals surface area contributed by atoms with Crippen molar-refractivity contribution in [3.63, 3.8) is 0 Å². The Hall–Kier alpha value is -1.35. The fourth-order valence-electron chi connectivity index (χ4n) is 2.09. The highest BCUT2D eigenvalue weighted by Crippen LogP contribution is 2.36. The highest BCUT2D eigenvalue weighted by molar-refractivity contribution is 5.73. The zero-order valence-corrected chi connectivity index (χ0v) is 10.4. The maximum absolute atomic E-state index is 6.13. The molecule has 2 aromatic rings. The van der Waals surface area contributed by atoms with Crippen molar-refractivity contribution in [2.45, 2.75) is 44.6 Å². The molecule has 3 rings (SSSR count). The van der Waals surface area contributed by atoms with E-state index in [0.29, 0.717) is 5.92 Å². The molecule has 0 saturated heterocycles. The molecule has 1 aromatic carbocycles. The first-order chi connectivity index (χ1) is 8.06. The number of hydrogen-bond acceptors (Lipinski definition) is 3. The van der Waals surface area contributed by atoms with Crippen molar-refractivity contribution in [1.82, 2.24) is 4.98 Å². The molecule has 0 radical (unpaired) electrons. The molecule has 17 heavy (non-hydrogen) atoms. The summed E-state index contributed by atoms with van der Waals surface area (Å²) in [5.41, 5.74) is 9.28. The van der Waals surface area contributed by atoms with E-state index in [1.54, 1.807) is 0 Å². The number of benzene rings is 1. The summed E-state index contributed by atoms with van der Waals surface area (Å²) in [5, 5.41) is 0. The predicted molar refractivity (Wildman–Crippen MR) is 68.0 cm³/mol. The fourth-order valence-corrected chi connectivity index (χ4v) is 2.09. The Morgan fingerprint density at radius 1 is 1.41 bits per heavy atom. The minimum Gasteiger partial charge on any atom is -0.440 e. The summed E-state index contributed by atoms with van der Waals surface area (Å²) >= 11 is 0. The van der Waals surface area contributed by atoms with Crippen molar-refractivity contribution >= 4 is 11.1 Å². The van der Waals surface area contributed by atoms with Gasteiger partial charge in [-0.25, -0.2) is 4.98 Å².